The molecule has 1 N–H and O–H groups in total. The summed E-state index contributed by atoms with van der Waals surface area (Å²) in [4.78, 5) is 0. The Kier molecular flexibility index (Phi) is 1.77. The molecule has 0 aliphatic carbocycles. The standard InChI is InChI=1S/C12H15NO/c1-2-5-11-10(4-1)12(8-13-11)6-3-7-14-9-12/h1-2,4-5,13H,3,6-9H2. The molecule has 1 spiro atoms. The van der Waals surface area contributed by atoms with Crippen LogP contribution >= 0.6 is 0 Å². The Hall–Kier alpha value is -1.02. The van der Waals surface area contributed by atoms with E-state index in [-0.39, 0.29) is 5.41 Å². The van der Waals surface area contributed by atoms with Gasteiger partial charge in [-0.3, -0.25) is 0 Å². The van der Waals surface area contributed by atoms with Gasteiger partial charge in [-0.25, -0.2) is 0 Å². The van der Waals surface area contributed by atoms with Gasteiger partial charge < -0.3 is 10.1 Å². The minimum Gasteiger partial charge on any atom is -0.384 e. The summed E-state index contributed by atoms with van der Waals surface area (Å²) in [6.07, 6.45) is 2.45. The van der Waals surface area contributed by atoms with Crippen LogP contribution in [-0.4, -0.2) is 19.8 Å². The molecule has 0 radical (unpaired) electrons. The number of hydrogen-bond donors (Lipinski definition) is 1. The average molecular weight is 189 g/mol. The molecule has 14 heavy (non-hydrogen) atoms. The first kappa shape index (κ1) is 8.30. The summed E-state index contributed by atoms with van der Waals surface area (Å²) in [7, 11) is 0. The molecular formula is C12H15NO. The van der Waals surface area contributed by atoms with E-state index in [2.05, 4.69) is 29.6 Å². The summed E-state index contributed by atoms with van der Waals surface area (Å²) in [5.41, 5.74) is 3.03. The lowest BCUT2D eigenvalue weighted by Gasteiger charge is -2.33. The molecule has 1 unspecified atom stereocenters. The van der Waals surface area contributed by atoms with E-state index in [9.17, 15) is 0 Å². The van der Waals surface area contributed by atoms with Crippen LogP contribution in [0.4, 0.5) is 5.69 Å². The van der Waals surface area contributed by atoms with Gasteiger partial charge in [-0.15, -0.1) is 0 Å². The van der Waals surface area contributed by atoms with E-state index in [1.54, 1.807) is 0 Å². The Morgan fingerprint density at radius 1 is 1.29 bits per heavy atom. The Morgan fingerprint density at radius 3 is 3.07 bits per heavy atom. The van der Waals surface area contributed by atoms with Crippen LogP contribution in [0, 0.1) is 0 Å². The normalized spacial score (nSPS) is 30.0. The van der Waals surface area contributed by atoms with Crippen molar-refractivity contribution in [2.45, 2.75) is 18.3 Å². The van der Waals surface area contributed by atoms with Crippen molar-refractivity contribution in [2.24, 2.45) is 0 Å². The highest BCUT2D eigenvalue weighted by Gasteiger charge is 2.40. The molecule has 0 amide bonds. The van der Waals surface area contributed by atoms with Crippen molar-refractivity contribution in [3.8, 4) is 0 Å². The number of nitrogens with one attached hydrogen (secondary N) is 1. The van der Waals surface area contributed by atoms with Gasteiger partial charge in [-0.05, 0) is 24.5 Å². The van der Waals surface area contributed by atoms with Crippen molar-refractivity contribution in [2.75, 3.05) is 25.1 Å². The van der Waals surface area contributed by atoms with E-state index in [4.69, 9.17) is 4.74 Å². The van der Waals surface area contributed by atoms with Crippen molar-refractivity contribution in [3.63, 3.8) is 0 Å². The first-order valence-corrected chi connectivity index (χ1v) is 5.32. The predicted octanol–water partition coefficient (Wildman–Crippen LogP) is 2.16. The first-order valence-electron chi connectivity index (χ1n) is 5.32. The average Bonchev–Trinajstić information content (AvgIpc) is 2.60. The fourth-order valence-electron chi connectivity index (χ4n) is 2.66. The van der Waals surface area contributed by atoms with Gasteiger partial charge in [0.15, 0.2) is 0 Å². The summed E-state index contributed by atoms with van der Waals surface area (Å²) in [6.45, 7) is 2.87. The molecule has 1 fully saturated rings. The molecule has 2 aliphatic rings. The second kappa shape index (κ2) is 2.99. The van der Waals surface area contributed by atoms with Crippen LogP contribution in [0.15, 0.2) is 24.3 Å². The Bertz CT molecular complexity index is 336. The fourth-order valence-corrected chi connectivity index (χ4v) is 2.66. The lowest BCUT2D eigenvalue weighted by molar-refractivity contribution is 0.0423. The van der Waals surface area contributed by atoms with Gasteiger partial charge in [0.25, 0.3) is 0 Å². The van der Waals surface area contributed by atoms with Crippen molar-refractivity contribution < 1.29 is 4.74 Å². The maximum Gasteiger partial charge on any atom is 0.0580 e. The third kappa shape index (κ3) is 1.07. The van der Waals surface area contributed by atoms with Crippen LogP contribution in [0.5, 0.6) is 0 Å². The highest BCUT2D eigenvalue weighted by atomic mass is 16.5. The minimum atomic E-state index is 0.273. The predicted molar refractivity (Wildman–Crippen MR) is 56.7 cm³/mol. The smallest absolute Gasteiger partial charge is 0.0580 e. The van der Waals surface area contributed by atoms with E-state index in [1.807, 2.05) is 0 Å². The lowest BCUT2D eigenvalue weighted by Crippen LogP contribution is -2.37. The van der Waals surface area contributed by atoms with E-state index >= 15 is 0 Å². The van der Waals surface area contributed by atoms with Crippen LogP contribution in [-0.2, 0) is 10.2 Å². The second-order valence-corrected chi connectivity index (χ2v) is 4.34. The number of fused-ring (bicyclic) bond motifs is 2. The van der Waals surface area contributed by atoms with Gasteiger partial charge in [0.1, 0.15) is 0 Å². The molecule has 1 atom stereocenters. The molecule has 2 aliphatic heterocycles. The second-order valence-electron chi connectivity index (χ2n) is 4.34. The van der Waals surface area contributed by atoms with Gasteiger partial charge >= 0.3 is 0 Å². The molecule has 0 saturated carbocycles. The molecule has 2 nitrogen and oxygen atoms in total. The minimum absolute atomic E-state index is 0.273. The lowest BCUT2D eigenvalue weighted by atomic mass is 9.78. The van der Waals surface area contributed by atoms with Crippen molar-refractivity contribution >= 4 is 5.69 Å². The highest BCUT2D eigenvalue weighted by Crippen LogP contribution is 2.41. The van der Waals surface area contributed by atoms with E-state index in [1.165, 1.54) is 24.1 Å². The zero-order valence-corrected chi connectivity index (χ0v) is 8.25. The van der Waals surface area contributed by atoms with Crippen LogP contribution < -0.4 is 5.32 Å². The summed E-state index contributed by atoms with van der Waals surface area (Å²) in [5.74, 6) is 0. The fraction of sp³-hybridized carbons (Fsp3) is 0.500. The van der Waals surface area contributed by atoms with Crippen LogP contribution in [0.3, 0.4) is 0 Å². The van der Waals surface area contributed by atoms with Crippen molar-refractivity contribution in [1.29, 1.82) is 0 Å². The molecule has 0 bridgehead atoms. The summed E-state index contributed by atoms with van der Waals surface area (Å²) < 4.78 is 5.62. The zero-order chi connectivity index (χ0) is 9.43. The third-order valence-corrected chi connectivity index (χ3v) is 3.44. The Labute approximate surface area is 84.3 Å². The van der Waals surface area contributed by atoms with E-state index in [0.717, 1.165) is 19.8 Å². The highest BCUT2D eigenvalue weighted by molar-refractivity contribution is 5.60. The molecule has 2 heteroatoms. The van der Waals surface area contributed by atoms with E-state index < -0.39 is 0 Å². The first-order chi connectivity index (χ1) is 6.91. The molecule has 3 rings (SSSR count). The van der Waals surface area contributed by atoms with Gasteiger partial charge in [0.05, 0.1) is 6.61 Å². The number of ether oxygens (including phenoxy) is 1. The van der Waals surface area contributed by atoms with Crippen LogP contribution in [0.2, 0.25) is 0 Å². The number of rotatable bonds is 0. The largest absolute Gasteiger partial charge is 0.384 e. The SMILES string of the molecule is c1ccc2c(c1)NCC21CCCOC1. The molecule has 1 aromatic rings. The van der Waals surface area contributed by atoms with Gasteiger partial charge in [-0.2, -0.15) is 0 Å². The third-order valence-electron chi connectivity index (χ3n) is 3.44. The monoisotopic (exact) mass is 189 g/mol. The van der Waals surface area contributed by atoms with Crippen LogP contribution in [0.25, 0.3) is 0 Å². The number of hydrogen-bond acceptors (Lipinski definition) is 2. The Morgan fingerprint density at radius 2 is 2.21 bits per heavy atom. The molecule has 1 saturated heterocycles. The molecule has 74 valence electrons. The van der Waals surface area contributed by atoms with Crippen molar-refractivity contribution in [3.05, 3.63) is 29.8 Å². The molecule has 0 aromatic heterocycles. The Balaban J connectivity index is 2.03. The summed E-state index contributed by atoms with van der Waals surface area (Å²) in [5, 5.41) is 3.48. The number of para-hydroxylation sites is 1. The topological polar surface area (TPSA) is 21.3 Å². The number of benzene rings is 1. The van der Waals surface area contributed by atoms with Gasteiger partial charge in [0, 0.05) is 24.3 Å². The van der Waals surface area contributed by atoms with Crippen molar-refractivity contribution in [1.82, 2.24) is 0 Å². The maximum absolute atomic E-state index is 5.62. The quantitative estimate of drug-likeness (QED) is 0.675. The number of anilines is 1. The van der Waals surface area contributed by atoms with Gasteiger partial charge in [0.2, 0.25) is 0 Å². The molecule has 2 heterocycles. The van der Waals surface area contributed by atoms with E-state index in [0.29, 0.717) is 0 Å². The van der Waals surface area contributed by atoms with Gasteiger partial charge in [-0.1, -0.05) is 18.2 Å². The summed E-state index contributed by atoms with van der Waals surface area (Å²) in [6, 6.07) is 8.62. The summed E-state index contributed by atoms with van der Waals surface area (Å²) >= 11 is 0. The van der Waals surface area contributed by atoms with Crippen LogP contribution in [0.1, 0.15) is 18.4 Å². The zero-order valence-electron chi connectivity index (χ0n) is 8.25. The maximum atomic E-state index is 5.62. The molecular weight excluding hydrogens is 174 g/mol. The molecule has 1 aromatic carbocycles.